The number of carbonyl (C=O) groups excluding carboxylic acids is 1. The second kappa shape index (κ2) is 9.92. The Kier molecular flexibility index (Phi) is 7.83. The second-order valence-electron chi connectivity index (χ2n) is 8.22. The standard InChI is InChI=1S/C26H33FO3/c1-7-18-12-13-26(5,6)22-16-24(30-9-3)21(15-20(18)22)19(8-2)23(27)11-10-17(4)14-25(28)29/h10-12,14-16H,7-9,13H2,1-6H3,(H,28,29)/p-1/b11-10+,17-14+,23-19+. The van der Waals surface area contributed by atoms with E-state index in [9.17, 15) is 9.90 Å². The van der Waals surface area contributed by atoms with Crippen molar-refractivity contribution in [1.82, 2.24) is 0 Å². The van der Waals surface area contributed by atoms with Gasteiger partial charge in [0, 0.05) is 5.56 Å². The molecule has 0 bridgehead atoms. The maximum absolute atomic E-state index is 15.2. The van der Waals surface area contributed by atoms with Crippen LogP contribution in [0.25, 0.3) is 11.1 Å². The summed E-state index contributed by atoms with van der Waals surface area (Å²) < 4.78 is 21.1. The quantitative estimate of drug-likeness (QED) is 0.395. The summed E-state index contributed by atoms with van der Waals surface area (Å²) in [7, 11) is 0. The van der Waals surface area contributed by atoms with E-state index >= 15 is 4.39 Å². The maximum atomic E-state index is 15.2. The van der Waals surface area contributed by atoms with Gasteiger partial charge in [0.2, 0.25) is 0 Å². The molecular formula is C26H32FO3-. The van der Waals surface area contributed by atoms with Gasteiger partial charge in [-0.25, -0.2) is 4.39 Å². The van der Waals surface area contributed by atoms with Crippen LogP contribution >= 0.6 is 0 Å². The van der Waals surface area contributed by atoms with Gasteiger partial charge < -0.3 is 14.6 Å². The van der Waals surface area contributed by atoms with Gasteiger partial charge in [-0.2, -0.15) is 0 Å². The van der Waals surface area contributed by atoms with Crippen LogP contribution in [0.3, 0.4) is 0 Å². The third kappa shape index (κ3) is 5.29. The molecule has 2 rings (SSSR count). The number of ether oxygens (including phenoxy) is 1. The zero-order valence-corrected chi connectivity index (χ0v) is 18.9. The number of hydrogen-bond donors (Lipinski definition) is 0. The minimum Gasteiger partial charge on any atom is -0.545 e. The van der Waals surface area contributed by atoms with Crippen LogP contribution in [-0.2, 0) is 10.2 Å². The van der Waals surface area contributed by atoms with Crippen LogP contribution in [0, 0.1) is 0 Å². The van der Waals surface area contributed by atoms with Crippen LogP contribution in [-0.4, -0.2) is 12.6 Å². The third-order valence-corrected chi connectivity index (χ3v) is 5.54. The van der Waals surface area contributed by atoms with E-state index < -0.39 is 11.8 Å². The molecule has 0 unspecified atom stereocenters. The van der Waals surface area contributed by atoms with Gasteiger partial charge in [0.05, 0.1) is 12.6 Å². The number of rotatable bonds is 8. The molecule has 0 aliphatic heterocycles. The Morgan fingerprint density at radius 1 is 1.23 bits per heavy atom. The molecule has 0 heterocycles. The zero-order valence-electron chi connectivity index (χ0n) is 18.9. The molecule has 1 aliphatic carbocycles. The van der Waals surface area contributed by atoms with E-state index in [2.05, 4.69) is 39.0 Å². The average Bonchev–Trinajstić information content (AvgIpc) is 2.67. The summed E-state index contributed by atoms with van der Waals surface area (Å²) in [5, 5.41) is 10.7. The van der Waals surface area contributed by atoms with Crippen molar-refractivity contribution in [2.45, 2.75) is 66.2 Å². The normalized spacial score (nSPS) is 16.8. The lowest BCUT2D eigenvalue weighted by Crippen LogP contribution is -2.22. The van der Waals surface area contributed by atoms with Crippen LogP contribution in [0.1, 0.15) is 77.5 Å². The van der Waals surface area contributed by atoms with Crippen molar-refractivity contribution in [2.24, 2.45) is 0 Å². The van der Waals surface area contributed by atoms with Crippen molar-refractivity contribution in [3.8, 4) is 5.75 Å². The molecule has 0 aromatic heterocycles. The van der Waals surface area contributed by atoms with Crippen molar-refractivity contribution in [2.75, 3.05) is 6.61 Å². The number of carbonyl (C=O) groups is 1. The van der Waals surface area contributed by atoms with Crippen molar-refractivity contribution in [3.63, 3.8) is 0 Å². The first-order valence-electron chi connectivity index (χ1n) is 10.6. The number of benzene rings is 1. The van der Waals surface area contributed by atoms with E-state index in [4.69, 9.17) is 4.74 Å². The fourth-order valence-electron chi connectivity index (χ4n) is 3.88. The first-order chi connectivity index (χ1) is 14.1. The molecular weight excluding hydrogens is 379 g/mol. The highest BCUT2D eigenvalue weighted by Crippen LogP contribution is 2.45. The first kappa shape index (κ1) is 23.7. The Labute approximate surface area is 179 Å². The number of hydrogen-bond acceptors (Lipinski definition) is 3. The maximum Gasteiger partial charge on any atom is 0.127 e. The van der Waals surface area contributed by atoms with Crippen LogP contribution in [0.4, 0.5) is 4.39 Å². The number of allylic oxidation sites excluding steroid dienone is 7. The van der Waals surface area contributed by atoms with Crippen molar-refractivity contribution < 1.29 is 19.0 Å². The Hall–Kier alpha value is -2.62. The number of aliphatic carboxylic acids is 1. The van der Waals surface area contributed by atoms with Crippen molar-refractivity contribution in [3.05, 3.63) is 64.5 Å². The van der Waals surface area contributed by atoms with E-state index in [0.717, 1.165) is 30.0 Å². The molecule has 0 N–H and O–H groups in total. The molecule has 0 radical (unpaired) electrons. The van der Waals surface area contributed by atoms with Gasteiger partial charge in [-0.3, -0.25) is 0 Å². The van der Waals surface area contributed by atoms with Gasteiger partial charge in [-0.15, -0.1) is 0 Å². The molecule has 4 heteroatoms. The van der Waals surface area contributed by atoms with Gasteiger partial charge in [-0.1, -0.05) is 39.8 Å². The minimum atomic E-state index is -1.30. The fraction of sp³-hybridized carbons (Fsp3) is 0.423. The minimum absolute atomic E-state index is 0.0142. The van der Waals surface area contributed by atoms with Gasteiger partial charge in [-0.05, 0) is 90.7 Å². The Balaban J connectivity index is 2.67. The van der Waals surface area contributed by atoms with E-state index in [1.807, 2.05) is 13.8 Å². The summed E-state index contributed by atoms with van der Waals surface area (Å²) in [6.07, 6.45) is 8.34. The predicted octanol–water partition coefficient (Wildman–Crippen LogP) is 5.90. The lowest BCUT2D eigenvalue weighted by Gasteiger charge is -2.33. The molecule has 162 valence electrons. The molecule has 3 nitrogen and oxygen atoms in total. The van der Waals surface area contributed by atoms with Crippen LogP contribution < -0.4 is 9.84 Å². The van der Waals surface area contributed by atoms with Gasteiger partial charge in [0.15, 0.2) is 0 Å². The summed E-state index contributed by atoms with van der Waals surface area (Å²) in [6.45, 7) is 12.5. The number of carboxylic acids is 1. The molecule has 0 saturated carbocycles. The molecule has 0 fully saturated rings. The average molecular weight is 412 g/mol. The van der Waals surface area contributed by atoms with Crippen LogP contribution in [0.5, 0.6) is 5.75 Å². The molecule has 0 spiro atoms. The Bertz CT molecular complexity index is 930. The lowest BCUT2D eigenvalue weighted by molar-refractivity contribution is -0.297. The second-order valence-corrected chi connectivity index (χ2v) is 8.22. The molecule has 1 aromatic rings. The molecule has 1 aliphatic rings. The summed E-state index contributed by atoms with van der Waals surface area (Å²) in [4.78, 5) is 10.7. The molecule has 0 amide bonds. The molecule has 1 aromatic carbocycles. The summed E-state index contributed by atoms with van der Waals surface area (Å²) in [5.74, 6) is -1.02. The highest BCUT2D eigenvalue weighted by Gasteiger charge is 2.30. The molecule has 0 atom stereocenters. The van der Waals surface area contributed by atoms with E-state index in [1.54, 1.807) is 6.92 Å². The highest BCUT2D eigenvalue weighted by atomic mass is 19.1. The van der Waals surface area contributed by atoms with Crippen LogP contribution in [0.15, 0.2) is 47.8 Å². The smallest absolute Gasteiger partial charge is 0.127 e. The number of carboxylic acid groups (broad SMARTS) is 1. The summed E-state index contributed by atoms with van der Waals surface area (Å²) in [6, 6.07) is 4.14. The fourth-order valence-corrected chi connectivity index (χ4v) is 3.88. The van der Waals surface area contributed by atoms with E-state index in [0.29, 0.717) is 29.9 Å². The predicted molar refractivity (Wildman–Crippen MR) is 120 cm³/mol. The number of fused-ring (bicyclic) bond motifs is 1. The van der Waals surface area contributed by atoms with Gasteiger partial charge in [0.1, 0.15) is 11.6 Å². The summed E-state index contributed by atoms with van der Waals surface area (Å²) >= 11 is 0. The largest absolute Gasteiger partial charge is 0.545 e. The monoisotopic (exact) mass is 411 g/mol. The third-order valence-electron chi connectivity index (χ3n) is 5.54. The Morgan fingerprint density at radius 3 is 2.50 bits per heavy atom. The summed E-state index contributed by atoms with van der Waals surface area (Å²) in [5.41, 5.74) is 5.34. The Morgan fingerprint density at radius 2 is 1.93 bits per heavy atom. The molecule has 30 heavy (non-hydrogen) atoms. The van der Waals surface area contributed by atoms with Crippen molar-refractivity contribution >= 4 is 17.1 Å². The van der Waals surface area contributed by atoms with Gasteiger partial charge in [0.25, 0.3) is 0 Å². The molecule has 0 saturated heterocycles. The lowest BCUT2D eigenvalue weighted by atomic mass is 9.72. The van der Waals surface area contributed by atoms with E-state index in [-0.39, 0.29) is 5.41 Å². The van der Waals surface area contributed by atoms with Crippen molar-refractivity contribution in [1.29, 1.82) is 0 Å². The topological polar surface area (TPSA) is 49.4 Å². The first-order valence-corrected chi connectivity index (χ1v) is 10.6. The van der Waals surface area contributed by atoms with Gasteiger partial charge >= 0.3 is 0 Å². The number of halogens is 1. The SMILES string of the molecule is CCOc1cc2c(cc1\C(CC)=C(F)/C=C/C(C)=C/C(=O)[O-])C(CC)=CCC2(C)C. The zero-order chi connectivity index (χ0) is 22.5. The van der Waals surface area contributed by atoms with Crippen LogP contribution in [0.2, 0.25) is 0 Å². The van der Waals surface area contributed by atoms with E-state index in [1.165, 1.54) is 23.3 Å². The highest BCUT2D eigenvalue weighted by molar-refractivity contribution is 5.81.